The van der Waals surface area contributed by atoms with Gasteiger partial charge in [0.1, 0.15) is 5.65 Å². The SMILES string of the molecule is O=C(N[C@@H](CO)c1ccccc1)c1nc(-c2c[nH]c3ncccc23)cs1. The molecule has 0 unspecified atom stereocenters. The van der Waals surface area contributed by atoms with Gasteiger partial charge < -0.3 is 15.4 Å². The molecule has 0 aliphatic carbocycles. The average Bonchev–Trinajstić information content (AvgIpc) is 3.33. The zero-order chi connectivity index (χ0) is 17.9. The summed E-state index contributed by atoms with van der Waals surface area (Å²) in [6, 6.07) is 12.7. The summed E-state index contributed by atoms with van der Waals surface area (Å²) in [4.78, 5) is 24.4. The first-order valence-electron chi connectivity index (χ1n) is 8.11. The van der Waals surface area contributed by atoms with Gasteiger partial charge in [0.2, 0.25) is 0 Å². The molecule has 0 saturated carbocycles. The summed E-state index contributed by atoms with van der Waals surface area (Å²) < 4.78 is 0. The van der Waals surface area contributed by atoms with Gasteiger partial charge in [-0.2, -0.15) is 0 Å². The van der Waals surface area contributed by atoms with E-state index in [0.29, 0.717) is 5.01 Å². The number of benzene rings is 1. The number of thiazole rings is 1. The van der Waals surface area contributed by atoms with Crippen molar-refractivity contribution < 1.29 is 9.90 Å². The number of carbonyl (C=O) groups excluding carboxylic acids is 1. The molecule has 0 aliphatic rings. The fraction of sp³-hybridized carbons (Fsp3) is 0.105. The minimum absolute atomic E-state index is 0.178. The van der Waals surface area contributed by atoms with E-state index in [1.165, 1.54) is 11.3 Å². The maximum atomic E-state index is 12.5. The van der Waals surface area contributed by atoms with Crippen LogP contribution in [-0.2, 0) is 0 Å². The van der Waals surface area contributed by atoms with Crippen LogP contribution in [0.5, 0.6) is 0 Å². The third-order valence-electron chi connectivity index (χ3n) is 4.12. The van der Waals surface area contributed by atoms with Gasteiger partial charge in [-0.15, -0.1) is 11.3 Å². The Morgan fingerprint density at radius 1 is 1.23 bits per heavy atom. The van der Waals surface area contributed by atoms with E-state index in [-0.39, 0.29) is 12.5 Å². The van der Waals surface area contributed by atoms with E-state index in [9.17, 15) is 9.90 Å². The van der Waals surface area contributed by atoms with Crippen LogP contribution < -0.4 is 5.32 Å². The Kier molecular flexibility index (Phi) is 4.47. The minimum atomic E-state index is -0.465. The van der Waals surface area contributed by atoms with Gasteiger partial charge in [-0.1, -0.05) is 30.3 Å². The maximum Gasteiger partial charge on any atom is 0.280 e. The highest BCUT2D eigenvalue weighted by atomic mass is 32.1. The van der Waals surface area contributed by atoms with Crippen LogP contribution in [0.2, 0.25) is 0 Å². The fourth-order valence-corrected chi connectivity index (χ4v) is 3.53. The molecule has 1 aromatic carbocycles. The van der Waals surface area contributed by atoms with Crippen LogP contribution in [0, 0.1) is 0 Å². The largest absolute Gasteiger partial charge is 0.394 e. The Morgan fingerprint density at radius 2 is 2.08 bits per heavy atom. The number of hydrogen-bond donors (Lipinski definition) is 3. The number of hydrogen-bond acceptors (Lipinski definition) is 5. The van der Waals surface area contributed by atoms with Gasteiger partial charge in [0.15, 0.2) is 5.01 Å². The lowest BCUT2D eigenvalue weighted by atomic mass is 10.1. The number of aromatic nitrogens is 3. The second-order valence-corrected chi connectivity index (χ2v) is 6.62. The number of nitrogens with zero attached hydrogens (tertiary/aromatic N) is 2. The molecule has 3 aromatic heterocycles. The number of aliphatic hydroxyl groups is 1. The lowest BCUT2D eigenvalue weighted by Crippen LogP contribution is -2.30. The van der Waals surface area contributed by atoms with Crippen molar-refractivity contribution in [2.75, 3.05) is 6.61 Å². The van der Waals surface area contributed by atoms with Gasteiger partial charge in [0.25, 0.3) is 5.91 Å². The van der Waals surface area contributed by atoms with Crippen LogP contribution in [0.4, 0.5) is 0 Å². The van der Waals surface area contributed by atoms with Crippen molar-refractivity contribution in [3.05, 3.63) is 70.8 Å². The van der Waals surface area contributed by atoms with Gasteiger partial charge in [0, 0.05) is 28.7 Å². The monoisotopic (exact) mass is 364 g/mol. The van der Waals surface area contributed by atoms with Crippen molar-refractivity contribution in [3.63, 3.8) is 0 Å². The Labute approximate surface area is 153 Å². The quantitative estimate of drug-likeness (QED) is 0.507. The average molecular weight is 364 g/mol. The Bertz CT molecular complexity index is 1040. The number of aliphatic hydroxyl groups excluding tert-OH is 1. The van der Waals surface area contributed by atoms with Gasteiger partial charge in [-0.3, -0.25) is 4.79 Å². The Morgan fingerprint density at radius 3 is 2.88 bits per heavy atom. The lowest BCUT2D eigenvalue weighted by molar-refractivity contribution is 0.0916. The van der Waals surface area contributed by atoms with Crippen LogP contribution in [-0.4, -0.2) is 32.6 Å². The minimum Gasteiger partial charge on any atom is -0.394 e. The summed E-state index contributed by atoms with van der Waals surface area (Å²) in [5.41, 5.74) is 3.26. The summed E-state index contributed by atoms with van der Waals surface area (Å²) >= 11 is 1.27. The van der Waals surface area contributed by atoms with Crippen LogP contribution >= 0.6 is 11.3 Å². The van der Waals surface area contributed by atoms with Gasteiger partial charge in [-0.25, -0.2) is 9.97 Å². The zero-order valence-corrected chi connectivity index (χ0v) is 14.5. The second-order valence-electron chi connectivity index (χ2n) is 5.76. The van der Waals surface area contributed by atoms with Gasteiger partial charge in [-0.05, 0) is 17.7 Å². The standard InChI is InChI=1S/C19H16N4O2S/c24-10-15(12-5-2-1-3-6-12)22-18(25)19-23-16(11-26-19)14-9-21-17-13(14)7-4-8-20-17/h1-9,11,15,24H,10H2,(H,20,21)(H,22,25)/t15-/m0/s1. The van der Waals surface area contributed by atoms with E-state index in [0.717, 1.165) is 27.9 Å². The zero-order valence-electron chi connectivity index (χ0n) is 13.7. The van der Waals surface area contributed by atoms with Crippen molar-refractivity contribution in [2.45, 2.75) is 6.04 Å². The van der Waals surface area contributed by atoms with E-state index in [1.807, 2.05) is 54.0 Å². The number of aromatic amines is 1. The molecule has 4 aromatic rings. The van der Waals surface area contributed by atoms with Crippen molar-refractivity contribution >= 4 is 28.3 Å². The van der Waals surface area contributed by atoms with E-state index in [1.54, 1.807) is 6.20 Å². The summed E-state index contributed by atoms with van der Waals surface area (Å²) in [5, 5.41) is 15.6. The molecule has 130 valence electrons. The van der Waals surface area contributed by atoms with Crippen LogP contribution in [0.15, 0.2) is 60.2 Å². The highest BCUT2D eigenvalue weighted by molar-refractivity contribution is 7.12. The first-order chi connectivity index (χ1) is 12.8. The molecule has 6 nitrogen and oxygen atoms in total. The molecule has 4 rings (SSSR count). The molecule has 3 heterocycles. The summed E-state index contributed by atoms with van der Waals surface area (Å²) in [5.74, 6) is -0.304. The number of amides is 1. The molecule has 0 aliphatic heterocycles. The number of nitrogens with one attached hydrogen (secondary N) is 2. The summed E-state index contributed by atoms with van der Waals surface area (Å²) in [7, 11) is 0. The number of pyridine rings is 1. The topological polar surface area (TPSA) is 90.9 Å². The fourth-order valence-electron chi connectivity index (χ4n) is 2.81. The predicted molar refractivity (Wildman–Crippen MR) is 101 cm³/mol. The molecule has 1 atom stereocenters. The molecule has 1 amide bonds. The lowest BCUT2D eigenvalue weighted by Gasteiger charge is -2.15. The van der Waals surface area contributed by atoms with E-state index in [2.05, 4.69) is 20.3 Å². The molecule has 3 N–H and O–H groups in total. The Hall–Kier alpha value is -3.03. The molecular formula is C19H16N4O2S. The van der Waals surface area contributed by atoms with E-state index >= 15 is 0 Å². The van der Waals surface area contributed by atoms with Crippen molar-refractivity contribution in [2.24, 2.45) is 0 Å². The molecule has 26 heavy (non-hydrogen) atoms. The van der Waals surface area contributed by atoms with Gasteiger partial charge >= 0.3 is 0 Å². The Balaban J connectivity index is 1.57. The van der Waals surface area contributed by atoms with Crippen molar-refractivity contribution in [1.29, 1.82) is 0 Å². The third-order valence-corrected chi connectivity index (χ3v) is 4.96. The van der Waals surface area contributed by atoms with Gasteiger partial charge in [0.05, 0.1) is 18.3 Å². The second kappa shape index (κ2) is 7.07. The third kappa shape index (κ3) is 3.10. The predicted octanol–water partition coefficient (Wildman–Crippen LogP) is 3.15. The number of rotatable bonds is 5. The highest BCUT2D eigenvalue weighted by Gasteiger charge is 2.18. The van der Waals surface area contributed by atoms with Crippen LogP contribution in [0.1, 0.15) is 21.4 Å². The molecule has 0 spiro atoms. The van der Waals surface area contributed by atoms with E-state index < -0.39 is 6.04 Å². The first-order valence-corrected chi connectivity index (χ1v) is 8.99. The molecule has 0 radical (unpaired) electrons. The molecular weight excluding hydrogens is 348 g/mol. The number of H-pyrrole nitrogens is 1. The normalized spacial score (nSPS) is 12.2. The maximum absolute atomic E-state index is 12.5. The summed E-state index contributed by atoms with van der Waals surface area (Å²) in [6.45, 7) is -0.178. The van der Waals surface area contributed by atoms with E-state index in [4.69, 9.17) is 0 Å². The summed E-state index contributed by atoms with van der Waals surface area (Å²) in [6.07, 6.45) is 3.57. The molecule has 7 heteroatoms. The first kappa shape index (κ1) is 16.4. The number of carbonyl (C=O) groups is 1. The van der Waals surface area contributed by atoms with Crippen molar-refractivity contribution in [1.82, 2.24) is 20.3 Å². The van der Waals surface area contributed by atoms with Crippen molar-refractivity contribution in [3.8, 4) is 11.3 Å². The number of fused-ring (bicyclic) bond motifs is 1. The molecule has 0 saturated heterocycles. The van der Waals surface area contributed by atoms with Crippen LogP contribution in [0.25, 0.3) is 22.3 Å². The molecule has 0 bridgehead atoms. The smallest absolute Gasteiger partial charge is 0.280 e. The van der Waals surface area contributed by atoms with Crippen LogP contribution in [0.3, 0.4) is 0 Å². The molecule has 0 fully saturated rings. The highest BCUT2D eigenvalue weighted by Crippen LogP contribution is 2.28.